The molecular formula is C36H42N2O5. The van der Waals surface area contributed by atoms with Crippen molar-refractivity contribution in [1.82, 2.24) is 10.2 Å². The van der Waals surface area contributed by atoms with Gasteiger partial charge in [0.25, 0.3) is 0 Å². The van der Waals surface area contributed by atoms with Gasteiger partial charge in [-0.1, -0.05) is 84.9 Å². The fraction of sp³-hybridized carbons (Fsp3) is 0.444. The van der Waals surface area contributed by atoms with Gasteiger partial charge >= 0.3 is 0 Å². The van der Waals surface area contributed by atoms with Crippen molar-refractivity contribution in [2.24, 2.45) is 11.3 Å². The van der Waals surface area contributed by atoms with E-state index in [-0.39, 0.29) is 30.8 Å². The third kappa shape index (κ3) is 6.54. The summed E-state index contributed by atoms with van der Waals surface area (Å²) in [5.41, 5.74) is 3.71. The number of ether oxygens (including phenoxy) is 1. The molecule has 3 aromatic carbocycles. The van der Waals surface area contributed by atoms with E-state index in [9.17, 15) is 19.8 Å². The SMILES string of the molecule is O=C(N[C@H]1c2ccccc2C[C@H]1O)[C@@H](Cc1ccccc1)C[C@H](O)CN1C(=O)C2(CCOCC2)C[C@@H]1Cc1ccccc1. The van der Waals surface area contributed by atoms with Gasteiger partial charge in [0.15, 0.2) is 0 Å². The molecule has 5 atom stereocenters. The molecule has 2 saturated heterocycles. The van der Waals surface area contributed by atoms with Crippen LogP contribution in [0, 0.1) is 11.3 Å². The van der Waals surface area contributed by atoms with Crippen molar-refractivity contribution >= 4 is 11.8 Å². The third-order valence-corrected chi connectivity index (χ3v) is 9.71. The summed E-state index contributed by atoms with van der Waals surface area (Å²) in [6, 6.07) is 27.3. The summed E-state index contributed by atoms with van der Waals surface area (Å²) in [6.07, 6.45) is 2.48. The van der Waals surface area contributed by atoms with E-state index in [4.69, 9.17) is 4.74 Å². The van der Waals surface area contributed by atoms with Crippen molar-refractivity contribution in [3.63, 3.8) is 0 Å². The number of carbonyl (C=O) groups is 2. The highest BCUT2D eigenvalue weighted by Gasteiger charge is 2.52. The molecule has 0 bridgehead atoms. The average molecular weight is 583 g/mol. The van der Waals surface area contributed by atoms with Crippen molar-refractivity contribution in [2.45, 2.75) is 69.2 Å². The van der Waals surface area contributed by atoms with Crippen molar-refractivity contribution < 1.29 is 24.5 Å². The van der Waals surface area contributed by atoms with E-state index in [0.29, 0.717) is 38.9 Å². The molecule has 0 saturated carbocycles. The maximum Gasteiger partial charge on any atom is 0.229 e. The molecule has 3 aliphatic rings. The maximum atomic E-state index is 14.0. The van der Waals surface area contributed by atoms with E-state index in [2.05, 4.69) is 17.4 Å². The predicted molar refractivity (Wildman–Crippen MR) is 164 cm³/mol. The molecule has 2 heterocycles. The van der Waals surface area contributed by atoms with Crippen LogP contribution in [-0.2, 0) is 33.6 Å². The molecule has 1 spiro atoms. The molecule has 43 heavy (non-hydrogen) atoms. The smallest absolute Gasteiger partial charge is 0.229 e. The Balaban J connectivity index is 1.19. The molecule has 3 N–H and O–H groups in total. The first kappa shape index (κ1) is 29.5. The molecule has 0 radical (unpaired) electrons. The summed E-state index contributed by atoms with van der Waals surface area (Å²) in [6.45, 7) is 1.34. The van der Waals surface area contributed by atoms with Gasteiger partial charge in [0.1, 0.15) is 0 Å². The summed E-state index contributed by atoms with van der Waals surface area (Å²) >= 11 is 0. The Bertz CT molecular complexity index is 1390. The minimum absolute atomic E-state index is 0.0193. The van der Waals surface area contributed by atoms with Crippen molar-refractivity contribution in [3.8, 4) is 0 Å². The zero-order valence-corrected chi connectivity index (χ0v) is 24.6. The first-order valence-electron chi connectivity index (χ1n) is 15.6. The normalized spacial score (nSPS) is 24.1. The molecule has 0 aromatic heterocycles. The lowest BCUT2D eigenvalue weighted by Crippen LogP contribution is -2.45. The molecule has 0 unspecified atom stereocenters. The molecule has 7 nitrogen and oxygen atoms in total. The Kier molecular flexibility index (Phi) is 8.93. The molecular weight excluding hydrogens is 540 g/mol. The summed E-state index contributed by atoms with van der Waals surface area (Å²) in [5, 5.41) is 25.4. The topological polar surface area (TPSA) is 99.1 Å². The number of hydrogen-bond donors (Lipinski definition) is 3. The number of rotatable bonds is 10. The van der Waals surface area contributed by atoms with Gasteiger partial charge < -0.3 is 25.2 Å². The first-order valence-corrected chi connectivity index (χ1v) is 15.6. The fourth-order valence-electron chi connectivity index (χ4n) is 7.43. The number of benzene rings is 3. The molecule has 2 fully saturated rings. The maximum absolute atomic E-state index is 14.0. The Morgan fingerprint density at radius 3 is 2.33 bits per heavy atom. The summed E-state index contributed by atoms with van der Waals surface area (Å²) in [5.74, 6) is -0.622. The van der Waals surface area contributed by atoms with Crippen LogP contribution in [0.3, 0.4) is 0 Å². The Morgan fingerprint density at radius 2 is 1.60 bits per heavy atom. The second-order valence-corrected chi connectivity index (χ2v) is 12.6. The summed E-state index contributed by atoms with van der Waals surface area (Å²) in [7, 11) is 0. The number of hydrogen-bond acceptors (Lipinski definition) is 5. The highest BCUT2D eigenvalue weighted by Crippen LogP contribution is 2.45. The lowest BCUT2D eigenvalue weighted by atomic mass is 9.77. The Morgan fingerprint density at radius 1 is 0.953 bits per heavy atom. The molecule has 1 aliphatic carbocycles. The number of fused-ring (bicyclic) bond motifs is 1. The minimum Gasteiger partial charge on any atom is -0.391 e. The molecule has 7 heteroatoms. The average Bonchev–Trinajstić information content (AvgIpc) is 3.46. The summed E-state index contributed by atoms with van der Waals surface area (Å²) in [4.78, 5) is 29.7. The number of nitrogens with one attached hydrogen (secondary N) is 1. The van der Waals surface area contributed by atoms with E-state index in [0.717, 1.165) is 29.5 Å². The number of likely N-dealkylation sites (tertiary alicyclic amines) is 1. The van der Waals surface area contributed by atoms with Crippen LogP contribution in [0.1, 0.15) is 54.0 Å². The van der Waals surface area contributed by atoms with Crippen molar-refractivity contribution in [2.75, 3.05) is 19.8 Å². The van der Waals surface area contributed by atoms with Crippen LogP contribution in [0.25, 0.3) is 0 Å². The lowest BCUT2D eigenvalue weighted by Gasteiger charge is -2.32. The molecule has 3 aromatic rings. The van der Waals surface area contributed by atoms with Gasteiger partial charge in [0, 0.05) is 38.1 Å². The first-order chi connectivity index (χ1) is 20.9. The molecule has 2 aliphatic heterocycles. The van der Waals surface area contributed by atoms with Gasteiger partial charge in [0.2, 0.25) is 11.8 Å². The van der Waals surface area contributed by atoms with E-state index in [1.807, 2.05) is 77.7 Å². The Hall–Kier alpha value is -3.52. The van der Waals surface area contributed by atoms with Crippen LogP contribution in [0.4, 0.5) is 0 Å². The van der Waals surface area contributed by atoms with E-state index < -0.39 is 29.6 Å². The number of aliphatic hydroxyl groups is 2. The minimum atomic E-state index is -0.877. The van der Waals surface area contributed by atoms with Gasteiger partial charge in [-0.3, -0.25) is 9.59 Å². The zero-order chi connectivity index (χ0) is 29.8. The third-order valence-electron chi connectivity index (χ3n) is 9.71. The zero-order valence-electron chi connectivity index (χ0n) is 24.6. The lowest BCUT2D eigenvalue weighted by molar-refractivity contribution is -0.142. The number of amides is 2. The van der Waals surface area contributed by atoms with Gasteiger partial charge in [-0.25, -0.2) is 0 Å². The van der Waals surface area contributed by atoms with Crippen LogP contribution >= 0.6 is 0 Å². The predicted octanol–water partition coefficient (Wildman–Crippen LogP) is 4.01. The van der Waals surface area contributed by atoms with E-state index in [1.165, 1.54) is 5.56 Å². The largest absolute Gasteiger partial charge is 0.391 e. The molecule has 226 valence electrons. The molecule has 6 rings (SSSR count). The second kappa shape index (κ2) is 13.0. The number of carbonyl (C=O) groups excluding carboxylic acids is 2. The van der Waals surface area contributed by atoms with E-state index >= 15 is 0 Å². The molecule has 2 amide bonds. The van der Waals surface area contributed by atoms with Crippen LogP contribution in [0.2, 0.25) is 0 Å². The van der Waals surface area contributed by atoms with E-state index in [1.54, 1.807) is 0 Å². The van der Waals surface area contributed by atoms with Crippen LogP contribution in [0.15, 0.2) is 84.9 Å². The van der Waals surface area contributed by atoms with Gasteiger partial charge in [0.05, 0.1) is 23.7 Å². The van der Waals surface area contributed by atoms with Gasteiger partial charge in [-0.15, -0.1) is 0 Å². The second-order valence-electron chi connectivity index (χ2n) is 12.6. The number of β-amino-alcohol motifs (C(OH)–C–C–N with tert-alkyl or cyclic N) is 1. The van der Waals surface area contributed by atoms with Crippen LogP contribution in [-0.4, -0.2) is 64.9 Å². The van der Waals surface area contributed by atoms with Crippen molar-refractivity contribution in [1.29, 1.82) is 0 Å². The summed E-state index contributed by atoms with van der Waals surface area (Å²) < 4.78 is 5.61. The number of aliphatic hydroxyl groups excluding tert-OH is 2. The number of nitrogens with zero attached hydrogens (tertiary/aromatic N) is 1. The van der Waals surface area contributed by atoms with Crippen LogP contribution < -0.4 is 5.32 Å². The van der Waals surface area contributed by atoms with Crippen LogP contribution in [0.5, 0.6) is 0 Å². The van der Waals surface area contributed by atoms with Gasteiger partial charge in [-0.05, 0) is 60.8 Å². The quantitative estimate of drug-likeness (QED) is 0.336. The fourth-order valence-corrected chi connectivity index (χ4v) is 7.43. The van der Waals surface area contributed by atoms with Crippen molar-refractivity contribution in [3.05, 3.63) is 107 Å². The Labute approximate surface area is 253 Å². The highest BCUT2D eigenvalue weighted by atomic mass is 16.5. The standard InChI is InChI=1S/C36H42N2O5/c39-30(24-38-29(20-26-11-5-2-6-12-26)23-36(35(38)42)15-17-43-18-16-36)21-28(19-25-9-3-1-4-10-25)34(41)37-33-31-14-8-7-13-27(31)22-32(33)40/h1-14,28-30,32-33,39-40H,15-24H2,(H,37,41)/t28-,29-,30-,32+,33-/m0/s1. The monoisotopic (exact) mass is 582 g/mol. The highest BCUT2D eigenvalue weighted by molar-refractivity contribution is 5.85. The van der Waals surface area contributed by atoms with Gasteiger partial charge in [-0.2, -0.15) is 0 Å².